The fourth-order valence-corrected chi connectivity index (χ4v) is 4.06. The van der Waals surface area contributed by atoms with Crippen LogP contribution in [0.4, 0.5) is 0 Å². The average Bonchev–Trinajstić information content (AvgIpc) is 3.04. The number of rotatable bonds is 9. The lowest BCUT2D eigenvalue weighted by molar-refractivity contribution is 0.161. The first-order valence-electron chi connectivity index (χ1n) is 11.0. The number of hydrogen-bond donors (Lipinski definition) is 2. The Hall–Kier alpha value is -2.15. The first kappa shape index (κ1) is 24.1. The number of benzene rings is 1. The Labute approximate surface area is 182 Å². The van der Waals surface area contributed by atoms with Crippen molar-refractivity contribution in [1.82, 2.24) is 15.5 Å². The fraction of sp³-hybridized carbons (Fsp3) is 0.696. The fourth-order valence-electron chi connectivity index (χ4n) is 4.06. The lowest BCUT2D eigenvalue weighted by Crippen LogP contribution is -2.49. The molecular weight excluding hydrogens is 380 g/mol. The van der Waals surface area contributed by atoms with Crippen molar-refractivity contribution in [3.05, 3.63) is 17.7 Å². The maximum Gasteiger partial charge on any atom is 0.203 e. The van der Waals surface area contributed by atoms with E-state index in [1.54, 1.807) is 28.4 Å². The Kier molecular flexibility index (Phi) is 10.1. The van der Waals surface area contributed by atoms with Gasteiger partial charge in [-0.2, -0.15) is 0 Å². The number of methoxy groups -OCH3 is 3. The zero-order valence-electron chi connectivity index (χ0n) is 19.6. The second kappa shape index (κ2) is 12.5. The van der Waals surface area contributed by atoms with Gasteiger partial charge in [0.15, 0.2) is 17.5 Å². The molecule has 1 aromatic rings. The largest absolute Gasteiger partial charge is 0.493 e. The minimum absolute atomic E-state index is 0.503. The van der Waals surface area contributed by atoms with Crippen molar-refractivity contribution in [2.45, 2.75) is 52.1 Å². The number of likely N-dealkylation sites (tertiary alicyclic amines) is 1. The predicted octanol–water partition coefficient (Wildman–Crippen LogP) is 3.28. The van der Waals surface area contributed by atoms with Gasteiger partial charge in [-0.05, 0) is 49.5 Å². The van der Waals surface area contributed by atoms with Crippen molar-refractivity contribution in [3.63, 3.8) is 0 Å². The number of guanidine groups is 1. The van der Waals surface area contributed by atoms with E-state index in [0.717, 1.165) is 18.1 Å². The standard InChI is InChI=1S/C23H40N4O3/c1-17(2)19(27-11-9-7-8-10-12-27)16-26-23(24-3)25-15-18-13-20(28-4)22(30-6)21(14-18)29-5/h13-14,17,19H,7-12,15-16H2,1-6H3,(H2,24,25,26). The molecule has 1 aromatic carbocycles. The summed E-state index contributed by atoms with van der Waals surface area (Å²) in [6.45, 7) is 8.50. The van der Waals surface area contributed by atoms with E-state index in [1.165, 1.54) is 38.8 Å². The van der Waals surface area contributed by atoms with Crippen molar-refractivity contribution < 1.29 is 14.2 Å². The Morgan fingerprint density at radius 1 is 0.967 bits per heavy atom. The van der Waals surface area contributed by atoms with Gasteiger partial charge in [0, 0.05) is 26.2 Å². The average molecular weight is 421 g/mol. The lowest BCUT2D eigenvalue weighted by Gasteiger charge is -2.34. The van der Waals surface area contributed by atoms with E-state index in [-0.39, 0.29) is 0 Å². The van der Waals surface area contributed by atoms with Crippen LogP contribution in [0.15, 0.2) is 17.1 Å². The van der Waals surface area contributed by atoms with Gasteiger partial charge in [-0.1, -0.05) is 26.7 Å². The third-order valence-electron chi connectivity index (χ3n) is 5.77. The maximum absolute atomic E-state index is 5.45. The molecule has 1 atom stereocenters. The van der Waals surface area contributed by atoms with E-state index in [4.69, 9.17) is 14.2 Å². The highest BCUT2D eigenvalue weighted by Crippen LogP contribution is 2.38. The van der Waals surface area contributed by atoms with Crippen LogP contribution in [0, 0.1) is 5.92 Å². The summed E-state index contributed by atoms with van der Waals surface area (Å²) in [4.78, 5) is 7.06. The second-order valence-corrected chi connectivity index (χ2v) is 8.10. The maximum atomic E-state index is 5.45. The highest BCUT2D eigenvalue weighted by Gasteiger charge is 2.23. The molecule has 1 aliphatic rings. The Morgan fingerprint density at radius 2 is 1.57 bits per heavy atom. The molecule has 30 heavy (non-hydrogen) atoms. The Balaban J connectivity index is 1.98. The third kappa shape index (κ3) is 6.69. The predicted molar refractivity (Wildman–Crippen MR) is 123 cm³/mol. The van der Waals surface area contributed by atoms with Gasteiger partial charge in [-0.3, -0.25) is 9.89 Å². The van der Waals surface area contributed by atoms with E-state index in [0.29, 0.717) is 35.8 Å². The Bertz CT molecular complexity index is 645. The van der Waals surface area contributed by atoms with Crippen LogP contribution in [-0.4, -0.2) is 64.9 Å². The minimum atomic E-state index is 0.503. The summed E-state index contributed by atoms with van der Waals surface area (Å²) in [7, 11) is 6.67. The zero-order chi connectivity index (χ0) is 21.9. The summed E-state index contributed by atoms with van der Waals surface area (Å²) in [6.07, 6.45) is 5.31. The van der Waals surface area contributed by atoms with Gasteiger partial charge < -0.3 is 24.8 Å². The molecular formula is C23H40N4O3. The van der Waals surface area contributed by atoms with Gasteiger partial charge in [0.25, 0.3) is 0 Å². The molecule has 0 radical (unpaired) electrons. The van der Waals surface area contributed by atoms with E-state index < -0.39 is 0 Å². The summed E-state index contributed by atoms with van der Waals surface area (Å²) in [5.41, 5.74) is 1.03. The van der Waals surface area contributed by atoms with Crippen LogP contribution in [0.5, 0.6) is 17.2 Å². The quantitative estimate of drug-likeness (QED) is 0.472. The normalized spacial score (nSPS) is 16.7. The van der Waals surface area contributed by atoms with Gasteiger partial charge >= 0.3 is 0 Å². The molecule has 0 aromatic heterocycles. The molecule has 1 fully saturated rings. The summed E-state index contributed by atoms with van der Waals surface area (Å²) in [6, 6.07) is 4.41. The van der Waals surface area contributed by atoms with Gasteiger partial charge in [0.05, 0.1) is 21.3 Å². The molecule has 0 saturated carbocycles. The molecule has 1 aliphatic heterocycles. The SMILES string of the molecule is CN=C(NCc1cc(OC)c(OC)c(OC)c1)NCC(C(C)C)N1CCCCCC1. The summed E-state index contributed by atoms with van der Waals surface area (Å²) in [5, 5.41) is 6.93. The smallest absolute Gasteiger partial charge is 0.203 e. The van der Waals surface area contributed by atoms with Crippen molar-refractivity contribution in [1.29, 1.82) is 0 Å². The van der Waals surface area contributed by atoms with Crippen LogP contribution >= 0.6 is 0 Å². The van der Waals surface area contributed by atoms with Crippen LogP contribution < -0.4 is 24.8 Å². The topological polar surface area (TPSA) is 67.4 Å². The van der Waals surface area contributed by atoms with Crippen LogP contribution in [-0.2, 0) is 6.54 Å². The lowest BCUT2D eigenvalue weighted by atomic mass is 10.0. The molecule has 0 amide bonds. The van der Waals surface area contributed by atoms with Crippen LogP contribution in [0.1, 0.15) is 45.1 Å². The molecule has 2 N–H and O–H groups in total. The first-order valence-corrected chi connectivity index (χ1v) is 11.0. The Morgan fingerprint density at radius 3 is 2.03 bits per heavy atom. The molecule has 7 heteroatoms. The van der Waals surface area contributed by atoms with Crippen molar-refractivity contribution in [3.8, 4) is 17.2 Å². The minimum Gasteiger partial charge on any atom is -0.493 e. The molecule has 1 heterocycles. The van der Waals surface area contributed by atoms with Gasteiger partial charge in [0.1, 0.15) is 0 Å². The number of hydrogen-bond acceptors (Lipinski definition) is 5. The van der Waals surface area contributed by atoms with Crippen LogP contribution in [0.2, 0.25) is 0 Å². The summed E-state index contributed by atoms with van der Waals surface area (Å²) >= 11 is 0. The molecule has 1 saturated heterocycles. The highest BCUT2D eigenvalue weighted by atomic mass is 16.5. The van der Waals surface area contributed by atoms with Crippen LogP contribution in [0.25, 0.3) is 0 Å². The van der Waals surface area contributed by atoms with E-state index in [1.807, 2.05) is 12.1 Å². The van der Waals surface area contributed by atoms with Crippen molar-refractivity contribution in [2.24, 2.45) is 10.9 Å². The molecule has 1 unspecified atom stereocenters. The second-order valence-electron chi connectivity index (χ2n) is 8.10. The van der Waals surface area contributed by atoms with E-state index in [9.17, 15) is 0 Å². The molecule has 0 aliphatic carbocycles. The summed E-state index contributed by atoms with van der Waals surface area (Å²) in [5.74, 6) is 3.28. The molecule has 2 rings (SSSR count). The van der Waals surface area contributed by atoms with Gasteiger partial charge in [-0.25, -0.2) is 0 Å². The van der Waals surface area contributed by atoms with Crippen LogP contribution in [0.3, 0.4) is 0 Å². The number of nitrogens with one attached hydrogen (secondary N) is 2. The van der Waals surface area contributed by atoms with Crippen molar-refractivity contribution >= 4 is 5.96 Å². The third-order valence-corrected chi connectivity index (χ3v) is 5.77. The molecule has 0 bridgehead atoms. The van der Waals surface area contributed by atoms with E-state index >= 15 is 0 Å². The van der Waals surface area contributed by atoms with Gasteiger partial charge in [-0.15, -0.1) is 0 Å². The number of ether oxygens (including phenoxy) is 3. The van der Waals surface area contributed by atoms with E-state index in [2.05, 4.69) is 34.4 Å². The number of nitrogens with zero attached hydrogens (tertiary/aromatic N) is 2. The highest BCUT2D eigenvalue weighted by molar-refractivity contribution is 5.79. The zero-order valence-corrected chi connectivity index (χ0v) is 19.6. The van der Waals surface area contributed by atoms with Gasteiger partial charge in [0.2, 0.25) is 5.75 Å². The molecule has 7 nitrogen and oxygen atoms in total. The number of aliphatic imine (C=N–C) groups is 1. The monoisotopic (exact) mass is 420 g/mol. The summed E-state index contributed by atoms with van der Waals surface area (Å²) < 4.78 is 16.3. The van der Waals surface area contributed by atoms with Crippen molar-refractivity contribution in [2.75, 3.05) is 48.0 Å². The first-order chi connectivity index (χ1) is 14.5. The molecule has 170 valence electrons. The molecule has 0 spiro atoms.